The first-order valence-corrected chi connectivity index (χ1v) is 6.58. The molecule has 0 aliphatic carbocycles. The summed E-state index contributed by atoms with van der Waals surface area (Å²) in [6.07, 6.45) is 1.65. The molecule has 6 heteroatoms. The number of non-ortho nitro benzene ring substituents is 1. The number of nitrogens with zero attached hydrogens (tertiary/aromatic N) is 3. The monoisotopic (exact) mass is 274 g/mol. The van der Waals surface area contributed by atoms with Gasteiger partial charge < -0.3 is 10.2 Å². The van der Waals surface area contributed by atoms with Crippen molar-refractivity contribution in [2.75, 3.05) is 32.0 Å². The van der Waals surface area contributed by atoms with Crippen LogP contribution in [0.2, 0.25) is 0 Å². The molecule has 1 N–H and O–H groups in total. The minimum atomic E-state index is -0.376. The fourth-order valence-electron chi connectivity index (χ4n) is 2.00. The van der Waals surface area contributed by atoms with Crippen molar-refractivity contribution in [2.24, 2.45) is 0 Å². The number of fused-ring (bicyclic) bond motifs is 1. The lowest BCUT2D eigenvalue weighted by Gasteiger charge is -2.15. The second-order valence-electron chi connectivity index (χ2n) is 4.61. The normalized spacial score (nSPS) is 10.9. The van der Waals surface area contributed by atoms with Crippen molar-refractivity contribution >= 4 is 22.3 Å². The van der Waals surface area contributed by atoms with E-state index in [9.17, 15) is 10.1 Å². The van der Waals surface area contributed by atoms with Crippen molar-refractivity contribution < 1.29 is 4.92 Å². The fourth-order valence-corrected chi connectivity index (χ4v) is 2.00. The molecule has 0 fully saturated rings. The standard InChI is InChI=1S/C14H18N4O2/c1-3-17(2)10-9-15-12-6-7-13(18(19)20)11-5-4-8-16-14(11)12/h4-8,15H,3,9-10H2,1-2H3. The number of rotatable bonds is 6. The van der Waals surface area contributed by atoms with Crippen LogP contribution in [0.4, 0.5) is 11.4 Å². The topological polar surface area (TPSA) is 71.3 Å². The van der Waals surface area contributed by atoms with Crippen molar-refractivity contribution in [3.05, 3.63) is 40.6 Å². The molecule has 0 spiro atoms. The zero-order valence-corrected chi connectivity index (χ0v) is 11.7. The summed E-state index contributed by atoms with van der Waals surface area (Å²) in [5, 5.41) is 14.9. The number of nitro benzene ring substituents is 1. The molecule has 0 amide bonds. The highest BCUT2D eigenvalue weighted by atomic mass is 16.6. The molecule has 0 aliphatic rings. The Morgan fingerprint density at radius 2 is 2.20 bits per heavy atom. The van der Waals surface area contributed by atoms with Crippen LogP contribution in [0.3, 0.4) is 0 Å². The molecule has 20 heavy (non-hydrogen) atoms. The summed E-state index contributed by atoms with van der Waals surface area (Å²) in [6.45, 7) is 4.76. The molecule has 0 aliphatic heterocycles. The molecule has 0 saturated carbocycles. The maximum absolute atomic E-state index is 11.0. The Morgan fingerprint density at radius 3 is 2.90 bits per heavy atom. The number of anilines is 1. The SMILES string of the molecule is CCN(C)CCNc1ccc([N+](=O)[O-])c2cccnc12. The van der Waals surface area contributed by atoms with Gasteiger partial charge in [0.25, 0.3) is 5.69 Å². The van der Waals surface area contributed by atoms with E-state index in [4.69, 9.17) is 0 Å². The van der Waals surface area contributed by atoms with Gasteiger partial charge in [0.15, 0.2) is 0 Å². The second kappa shape index (κ2) is 6.29. The van der Waals surface area contributed by atoms with E-state index in [1.165, 1.54) is 6.07 Å². The van der Waals surface area contributed by atoms with Gasteiger partial charge in [-0.05, 0) is 31.8 Å². The van der Waals surface area contributed by atoms with Crippen LogP contribution in [0.5, 0.6) is 0 Å². The Kier molecular flexibility index (Phi) is 4.47. The lowest BCUT2D eigenvalue weighted by molar-refractivity contribution is -0.383. The molecule has 6 nitrogen and oxygen atoms in total. The number of nitrogens with one attached hydrogen (secondary N) is 1. The molecule has 1 heterocycles. The molecule has 1 aromatic carbocycles. The largest absolute Gasteiger partial charge is 0.382 e. The Hall–Kier alpha value is -2.21. The van der Waals surface area contributed by atoms with Crippen molar-refractivity contribution in [1.82, 2.24) is 9.88 Å². The highest BCUT2D eigenvalue weighted by Crippen LogP contribution is 2.29. The summed E-state index contributed by atoms with van der Waals surface area (Å²) < 4.78 is 0. The van der Waals surface area contributed by atoms with Gasteiger partial charge in [-0.1, -0.05) is 6.92 Å². The van der Waals surface area contributed by atoms with E-state index in [0.29, 0.717) is 10.9 Å². The quantitative estimate of drug-likeness (QED) is 0.647. The Morgan fingerprint density at radius 1 is 1.40 bits per heavy atom. The van der Waals surface area contributed by atoms with Crippen LogP contribution >= 0.6 is 0 Å². The Bertz CT molecular complexity index is 615. The minimum absolute atomic E-state index is 0.0873. The molecule has 0 saturated heterocycles. The van der Waals surface area contributed by atoms with Gasteiger partial charge in [0.1, 0.15) is 5.52 Å². The van der Waals surface area contributed by atoms with Gasteiger partial charge in [0.2, 0.25) is 0 Å². The number of aromatic nitrogens is 1. The zero-order valence-electron chi connectivity index (χ0n) is 11.7. The first-order valence-electron chi connectivity index (χ1n) is 6.58. The molecular formula is C14H18N4O2. The first-order chi connectivity index (χ1) is 9.63. The number of hydrogen-bond acceptors (Lipinski definition) is 5. The van der Waals surface area contributed by atoms with Crippen LogP contribution in [0.1, 0.15) is 6.92 Å². The van der Waals surface area contributed by atoms with Crippen LogP contribution in [0.25, 0.3) is 10.9 Å². The number of hydrogen-bond donors (Lipinski definition) is 1. The zero-order chi connectivity index (χ0) is 14.5. The van der Waals surface area contributed by atoms with Crippen LogP contribution in [-0.4, -0.2) is 41.5 Å². The summed E-state index contributed by atoms with van der Waals surface area (Å²) >= 11 is 0. The van der Waals surface area contributed by atoms with Crippen LogP contribution in [0, 0.1) is 10.1 Å². The smallest absolute Gasteiger partial charge is 0.278 e. The maximum Gasteiger partial charge on any atom is 0.278 e. The van der Waals surface area contributed by atoms with Crippen LogP contribution < -0.4 is 5.32 Å². The average molecular weight is 274 g/mol. The maximum atomic E-state index is 11.0. The summed E-state index contributed by atoms with van der Waals surface area (Å²) in [4.78, 5) is 17.1. The summed E-state index contributed by atoms with van der Waals surface area (Å²) in [6, 6.07) is 6.68. The lowest BCUT2D eigenvalue weighted by Crippen LogP contribution is -2.24. The molecule has 2 aromatic rings. The predicted octanol–water partition coefficient (Wildman–Crippen LogP) is 2.51. The summed E-state index contributed by atoms with van der Waals surface area (Å²) in [5.41, 5.74) is 1.56. The first kappa shape index (κ1) is 14.2. The number of likely N-dealkylation sites (N-methyl/N-ethyl adjacent to an activating group) is 1. The van der Waals surface area contributed by atoms with Gasteiger partial charge in [-0.15, -0.1) is 0 Å². The number of benzene rings is 1. The van der Waals surface area contributed by atoms with E-state index in [0.717, 1.165) is 25.3 Å². The van der Waals surface area contributed by atoms with E-state index in [-0.39, 0.29) is 10.6 Å². The van der Waals surface area contributed by atoms with Crippen LogP contribution in [0.15, 0.2) is 30.5 Å². The van der Waals surface area contributed by atoms with E-state index in [1.807, 2.05) is 7.05 Å². The molecule has 0 atom stereocenters. The lowest BCUT2D eigenvalue weighted by atomic mass is 10.1. The van der Waals surface area contributed by atoms with E-state index >= 15 is 0 Å². The Balaban J connectivity index is 2.27. The predicted molar refractivity (Wildman–Crippen MR) is 80.1 cm³/mol. The van der Waals surface area contributed by atoms with Gasteiger partial charge >= 0.3 is 0 Å². The number of pyridine rings is 1. The minimum Gasteiger partial charge on any atom is -0.382 e. The highest BCUT2D eigenvalue weighted by Gasteiger charge is 2.14. The molecule has 1 aromatic heterocycles. The molecule has 106 valence electrons. The summed E-state index contributed by atoms with van der Waals surface area (Å²) in [7, 11) is 2.05. The van der Waals surface area contributed by atoms with Gasteiger partial charge in [0.05, 0.1) is 16.0 Å². The fraction of sp³-hybridized carbons (Fsp3) is 0.357. The molecule has 0 unspecified atom stereocenters. The summed E-state index contributed by atoms with van der Waals surface area (Å²) in [5.74, 6) is 0. The molecule has 0 bridgehead atoms. The van der Waals surface area contributed by atoms with E-state index in [2.05, 4.69) is 22.1 Å². The van der Waals surface area contributed by atoms with Crippen molar-refractivity contribution in [1.29, 1.82) is 0 Å². The van der Waals surface area contributed by atoms with Gasteiger partial charge in [-0.3, -0.25) is 15.1 Å². The van der Waals surface area contributed by atoms with Crippen molar-refractivity contribution in [3.8, 4) is 0 Å². The van der Waals surface area contributed by atoms with Gasteiger partial charge in [-0.25, -0.2) is 0 Å². The van der Waals surface area contributed by atoms with Gasteiger partial charge in [0, 0.05) is 25.4 Å². The third kappa shape index (κ3) is 3.03. The number of nitro groups is 1. The second-order valence-corrected chi connectivity index (χ2v) is 4.61. The van der Waals surface area contributed by atoms with Gasteiger partial charge in [-0.2, -0.15) is 0 Å². The third-order valence-corrected chi connectivity index (χ3v) is 3.29. The van der Waals surface area contributed by atoms with Crippen LogP contribution in [-0.2, 0) is 0 Å². The molecular weight excluding hydrogens is 256 g/mol. The van der Waals surface area contributed by atoms with E-state index in [1.54, 1.807) is 24.4 Å². The van der Waals surface area contributed by atoms with Crippen molar-refractivity contribution in [3.63, 3.8) is 0 Å². The molecule has 0 radical (unpaired) electrons. The molecule has 2 rings (SSSR count). The average Bonchev–Trinajstić information content (AvgIpc) is 2.46. The third-order valence-electron chi connectivity index (χ3n) is 3.29. The Labute approximate surface area is 117 Å². The van der Waals surface area contributed by atoms with Crippen molar-refractivity contribution in [2.45, 2.75) is 6.92 Å². The van der Waals surface area contributed by atoms with E-state index < -0.39 is 0 Å². The highest BCUT2D eigenvalue weighted by molar-refractivity contribution is 5.96.